The molecule has 0 unspecified atom stereocenters. The summed E-state index contributed by atoms with van der Waals surface area (Å²) in [5.74, 6) is 0.524. The van der Waals surface area contributed by atoms with Crippen molar-refractivity contribution in [2.75, 3.05) is 12.8 Å². The van der Waals surface area contributed by atoms with Crippen LogP contribution in [0.25, 0.3) is 0 Å². The molecular formula is C12H17NO3S. The van der Waals surface area contributed by atoms with Crippen LogP contribution < -0.4 is 10.5 Å². The van der Waals surface area contributed by atoms with E-state index < -0.39 is 9.84 Å². The van der Waals surface area contributed by atoms with E-state index in [1.165, 1.54) is 13.2 Å². The van der Waals surface area contributed by atoms with Crippen molar-refractivity contribution in [2.45, 2.75) is 35.8 Å². The molecule has 5 heteroatoms. The first-order valence-corrected chi connectivity index (χ1v) is 7.28. The van der Waals surface area contributed by atoms with Crippen LogP contribution in [0.1, 0.15) is 25.7 Å². The van der Waals surface area contributed by atoms with Crippen molar-refractivity contribution in [1.82, 2.24) is 0 Å². The second-order valence-corrected chi connectivity index (χ2v) is 6.55. The third-order valence-electron chi connectivity index (χ3n) is 3.27. The zero-order valence-electron chi connectivity index (χ0n) is 9.85. The van der Waals surface area contributed by atoms with E-state index in [1.54, 1.807) is 12.1 Å². The summed E-state index contributed by atoms with van der Waals surface area (Å²) in [7, 11) is -1.80. The van der Waals surface area contributed by atoms with Crippen LogP contribution in [0.3, 0.4) is 0 Å². The highest BCUT2D eigenvalue weighted by molar-refractivity contribution is 7.92. The molecule has 0 aliphatic heterocycles. The van der Waals surface area contributed by atoms with Gasteiger partial charge < -0.3 is 10.5 Å². The van der Waals surface area contributed by atoms with Gasteiger partial charge in [0.1, 0.15) is 5.75 Å². The number of methoxy groups -OCH3 is 1. The molecule has 1 fully saturated rings. The Morgan fingerprint density at radius 2 is 1.94 bits per heavy atom. The number of ether oxygens (including phenoxy) is 1. The van der Waals surface area contributed by atoms with E-state index in [-0.39, 0.29) is 10.1 Å². The molecule has 0 aromatic heterocycles. The van der Waals surface area contributed by atoms with Crippen LogP contribution >= 0.6 is 0 Å². The molecular weight excluding hydrogens is 238 g/mol. The lowest BCUT2D eigenvalue weighted by Gasteiger charge is -2.14. The van der Waals surface area contributed by atoms with Gasteiger partial charge in [-0.1, -0.05) is 12.8 Å². The highest BCUT2D eigenvalue weighted by Gasteiger charge is 2.31. The van der Waals surface area contributed by atoms with E-state index in [0.717, 1.165) is 25.7 Å². The number of sulfone groups is 1. The summed E-state index contributed by atoms with van der Waals surface area (Å²) in [6, 6.07) is 4.77. The number of hydrogen-bond donors (Lipinski definition) is 1. The molecule has 1 aliphatic carbocycles. The molecule has 0 atom stereocenters. The largest absolute Gasteiger partial charge is 0.497 e. The first kappa shape index (κ1) is 12.2. The molecule has 1 aromatic rings. The van der Waals surface area contributed by atoms with Crippen molar-refractivity contribution in [1.29, 1.82) is 0 Å². The Labute approximate surface area is 102 Å². The average Bonchev–Trinajstić information content (AvgIpc) is 2.83. The van der Waals surface area contributed by atoms with Gasteiger partial charge in [0, 0.05) is 6.07 Å². The first-order chi connectivity index (χ1) is 8.05. The Bertz CT molecular complexity index is 504. The summed E-state index contributed by atoms with van der Waals surface area (Å²) < 4.78 is 29.8. The van der Waals surface area contributed by atoms with Gasteiger partial charge in [0.05, 0.1) is 22.9 Å². The molecule has 0 heterocycles. The van der Waals surface area contributed by atoms with Gasteiger partial charge in [0.2, 0.25) is 0 Å². The van der Waals surface area contributed by atoms with Crippen molar-refractivity contribution < 1.29 is 13.2 Å². The van der Waals surface area contributed by atoms with Gasteiger partial charge in [-0.05, 0) is 25.0 Å². The Morgan fingerprint density at radius 1 is 1.29 bits per heavy atom. The summed E-state index contributed by atoms with van der Waals surface area (Å²) in [5, 5.41) is -0.281. The van der Waals surface area contributed by atoms with E-state index in [0.29, 0.717) is 11.4 Å². The lowest BCUT2D eigenvalue weighted by Crippen LogP contribution is -2.19. The van der Waals surface area contributed by atoms with Crippen LogP contribution in [0, 0.1) is 0 Å². The van der Waals surface area contributed by atoms with Crippen LogP contribution in [0.4, 0.5) is 5.69 Å². The Balaban J connectivity index is 2.44. The van der Waals surface area contributed by atoms with Gasteiger partial charge in [-0.3, -0.25) is 0 Å². The summed E-state index contributed by atoms with van der Waals surface area (Å²) >= 11 is 0. The van der Waals surface area contributed by atoms with Crippen molar-refractivity contribution in [3.63, 3.8) is 0 Å². The van der Waals surface area contributed by atoms with Crippen LogP contribution in [0.15, 0.2) is 23.1 Å². The predicted molar refractivity (Wildman–Crippen MR) is 66.8 cm³/mol. The Morgan fingerprint density at radius 3 is 2.53 bits per heavy atom. The molecule has 1 saturated carbocycles. The third-order valence-corrected chi connectivity index (χ3v) is 5.58. The van der Waals surface area contributed by atoms with Gasteiger partial charge in [-0.15, -0.1) is 0 Å². The fourth-order valence-electron chi connectivity index (χ4n) is 2.27. The molecule has 0 radical (unpaired) electrons. The maximum Gasteiger partial charge on any atom is 0.183 e. The van der Waals surface area contributed by atoms with E-state index in [1.807, 2.05) is 0 Å². The molecule has 17 heavy (non-hydrogen) atoms. The quantitative estimate of drug-likeness (QED) is 0.839. The molecule has 1 aliphatic rings. The van der Waals surface area contributed by atoms with Crippen LogP contribution in [0.5, 0.6) is 5.75 Å². The molecule has 4 nitrogen and oxygen atoms in total. The molecule has 94 valence electrons. The topological polar surface area (TPSA) is 69.4 Å². The number of nitrogens with two attached hydrogens (primary N) is 1. The molecule has 1 aromatic carbocycles. The molecule has 0 saturated heterocycles. The van der Waals surface area contributed by atoms with Gasteiger partial charge in [0.25, 0.3) is 0 Å². The van der Waals surface area contributed by atoms with Crippen molar-refractivity contribution in [2.24, 2.45) is 0 Å². The number of nitrogen functional groups attached to an aromatic ring is 1. The smallest absolute Gasteiger partial charge is 0.183 e. The van der Waals surface area contributed by atoms with E-state index in [9.17, 15) is 8.42 Å². The van der Waals surface area contributed by atoms with Crippen LogP contribution in [-0.2, 0) is 9.84 Å². The Kier molecular flexibility index (Phi) is 3.28. The number of hydrogen-bond acceptors (Lipinski definition) is 4. The maximum atomic E-state index is 12.4. The molecule has 0 bridgehead atoms. The molecule has 0 amide bonds. The third kappa shape index (κ3) is 2.24. The van der Waals surface area contributed by atoms with Gasteiger partial charge >= 0.3 is 0 Å². The van der Waals surface area contributed by atoms with E-state index in [4.69, 9.17) is 10.5 Å². The minimum absolute atomic E-state index is 0.212. The minimum Gasteiger partial charge on any atom is -0.497 e. The van der Waals surface area contributed by atoms with Crippen molar-refractivity contribution in [3.05, 3.63) is 18.2 Å². The lowest BCUT2D eigenvalue weighted by molar-refractivity contribution is 0.413. The first-order valence-electron chi connectivity index (χ1n) is 5.73. The molecule has 2 rings (SSSR count). The molecule has 2 N–H and O–H groups in total. The average molecular weight is 255 g/mol. The summed E-state index contributed by atoms with van der Waals surface area (Å²) in [4.78, 5) is 0.212. The Hall–Kier alpha value is -1.23. The van der Waals surface area contributed by atoms with E-state index in [2.05, 4.69) is 0 Å². The highest BCUT2D eigenvalue weighted by atomic mass is 32.2. The van der Waals surface area contributed by atoms with Gasteiger partial charge in [-0.2, -0.15) is 0 Å². The monoisotopic (exact) mass is 255 g/mol. The second-order valence-electron chi connectivity index (χ2n) is 4.36. The summed E-state index contributed by atoms with van der Waals surface area (Å²) in [5.41, 5.74) is 6.07. The SMILES string of the molecule is COc1ccc(N)c(S(=O)(=O)C2CCCC2)c1. The second kappa shape index (κ2) is 4.56. The zero-order chi connectivity index (χ0) is 12.5. The fraction of sp³-hybridized carbons (Fsp3) is 0.500. The van der Waals surface area contributed by atoms with Crippen LogP contribution in [0.2, 0.25) is 0 Å². The number of benzene rings is 1. The number of rotatable bonds is 3. The molecule has 0 spiro atoms. The maximum absolute atomic E-state index is 12.4. The fourth-order valence-corrected chi connectivity index (χ4v) is 4.26. The number of anilines is 1. The van der Waals surface area contributed by atoms with Crippen molar-refractivity contribution in [3.8, 4) is 5.75 Å². The zero-order valence-corrected chi connectivity index (χ0v) is 10.7. The van der Waals surface area contributed by atoms with E-state index >= 15 is 0 Å². The van der Waals surface area contributed by atoms with Gasteiger partial charge in [0.15, 0.2) is 9.84 Å². The highest BCUT2D eigenvalue weighted by Crippen LogP contribution is 2.33. The van der Waals surface area contributed by atoms with Gasteiger partial charge in [-0.25, -0.2) is 8.42 Å². The predicted octanol–water partition coefficient (Wildman–Crippen LogP) is 1.99. The van der Waals surface area contributed by atoms with Crippen molar-refractivity contribution >= 4 is 15.5 Å². The standard InChI is InChI=1S/C12H17NO3S/c1-16-9-6-7-11(13)12(8-9)17(14,15)10-4-2-3-5-10/h6-8,10H,2-5,13H2,1H3. The summed E-state index contributed by atoms with van der Waals surface area (Å²) in [6.45, 7) is 0. The normalized spacial score (nSPS) is 17.2. The lowest BCUT2D eigenvalue weighted by atomic mass is 10.3. The minimum atomic E-state index is -3.31. The summed E-state index contributed by atoms with van der Waals surface area (Å²) in [6.07, 6.45) is 3.43. The van der Waals surface area contributed by atoms with Crippen LogP contribution in [-0.4, -0.2) is 20.8 Å².